The Morgan fingerprint density at radius 2 is 1.09 bits per heavy atom. The van der Waals surface area contributed by atoms with Gasteiger partial charge in [-0.3, -0.25) is 8.42 Å². The van der Waals surface area contributed by atoms with Crippen molar-refractivity contribution < 1.29 is 55.9 Å². The van der Waals surface area contributed by atoms with Crippen molar-refractivity contribution in [2.45, 2.75) is 0 Å². The van der Waals surface area contributed by atoms with Crippen molar-refractivity contribution in [3.8, 4) is 0 Å². The zero-order chi connectivity index (χ0) is 8.08. The van der Waals surface area contributed by atoms with Gasteiger partial charge in [0.05, 0.1) is 5.09 Å². The maximum absolute atomic E-state index is 8.52. The molecule has 0 saturated carbocycles. The van der Waals surface area contributed by atoms with Crippen molar-refractivity contribution >= 4 is 10.4 Å². The van der Waals surface area contributed by atoms with Crippen molar-refractivity contribution in [1.29, 1.82) is 0 Å². The Hall–Kier alpha value is 0.0700. The average molecular weight is 276 g/mol. The first-order valence-corrected chi connectivity index (χ1v) is 2.55. The maximum atomic E-state index is 8.52. The number of rotatable bonds is 0. The first kappa shape index (κ1) is 22.5. The normalized spacial score (nSPS) is 7.45. The Labute approximate surface area is 81.8 Å². The zero-order valence-corrected chi connectivity index (χ0v) is 7.21. The van der Waals surface area contributed by atoms with Crippen LogP contribution >= 0.6 is 0 Å². The molecule has 0 amide bonds. The molecule has 0 aliphatic carbocycles. The molecule has 0 spiro atoms. The van der Waals surface area contributed by atoms with E-state index in [-0.39, 0.29) is 33.3 Å². The fraction of sp³-hybridized carbons (Fsp3) is 0. The second-order valence-electron chi connectivity index (χ2n) is 0.632. The summed E-state index contributed by atoms with van der Waals surface area (Å²) in [6, 6.07) is 0. The monoisotopic (exact) mass is 275 g/mol. The molecule has 0 N–H and O–H groups in total. The van der Waals surface area contributed by atoms with Gasteiger partial charge >= 0.3 is 33.3 Å². The molecule has 0 aliphatic rings. The summed E-state index contributed by atoms with van der Waals surface area (Å²) in [7, 11) is -5.17. The molecule has 1 radical (unpaired) electrons. The van der Waals surface area contributed by atoms with Gasteiger partial charge in [-0.1, -0.05) is 0 Å². The molecular formula is CoNNiO7S+. The number of nitrogens with zero attached hydrogens (tertiary/aromatic N) is 1. The fourth-order valence-corrected chi connectivity index (χ4v) is 0. The van der Waals surface area contributed by atoms with Crippen LogP contribution < -0.4 is 0 Å². The van der Waals surface area contributed by atoms with Gasteiger partial charge in [-0.15, -0.1) is 0 Å². The second-order valence-corrected chi connectivity index (χ2v) is 1.45. The predicted octanol–water partition coefficient (Wildman–Crippen LogP) is -1.58. The summed E-state index contributed by atoms with van der Waals surface area (Å²) in [6.45, 7) is 0. The largest absolute Gasteiger partial charge is 2.00 e. The molecule has 0 unspecified atom stereocenters. The standard InChI is InChI=1S/Co.NO3.Ni.H2O4S/c;2-1(3)4;;1-5(2,3)4/h;;;(H2,1,2,3,4)/q+2;-1;+2;/p-2. The molecule has 0 aromatic carbocycles. The van der Waals surface area contributed by atoms with Crippen molar-refractivity contribution in [2.75, 3.05) is 0 Å². The third-order valence-corrected chi connectivity index (χ3v) is 0. The third-order valence-electron chi connectivity index (χ3n) is 0. The summed E-state index contributed by atoms with van der Waals surface area (Å²) in [6.07, 6.45) is 0. The van der Waals surface area contributed by atoms with Crippen LogP contribution in [-0.2, 0) is 43.7 Å². The molecule has 0 saturated heterocycles. The molecule has 0 fully saturated rings. The van der Waals surface area contributed by atoms with E-state index in [4.69, 9.17) is 32.8 Å². The van der Waals surface area contributed by atoms with E-state index in [0.717, 1.165) is 0 Å². The summed E-state index contributed by atoms with van der Waals surface area (Å²) >= 11 is 0. The van der Waals surface area contributed by atoms with Gasteiger partial charge in [0.1, 0.15) is 0 Å². The van der Waals surface area contributed by atoms with E-state index in [1.165, 1.54) is 0 Å². The van der Waals surface area contributed by atoms with Gasteiger partial charge in [0.15, 0.2) is 0 Å². The average Bonchev–Trinajstić information content (AvgIpc) is 1.19. The Kier molecular flexibility index (Phi) is 20.6. The minimum Gasteiger partial charge on any atom is -0.759 e. The summed E-state index contributed by atoms with van der Waals surface area (Å²) in [4.78, 5) is 8.25. The molecule has 11 heteroatoms. The van der Waals surface area contributed by atoms with Gasteiger partial charge in [-0.2, -0.15) is 0 Å². The minimum atomic E-state index is -5.17. The van der Waals surface area contributed by atoms with E-state index >= 15 is 0 Å². The smallest absolute Gasteiger partial charge is 0.759 e. The SMILES string of the molecule is O=S(=O)([O-])[O-].O=[N+]([O-])[O-].[Co+2].[Ni+2]. The Morgan fingerprint density at radius 3 is 1.09 bits per heavy atom. The summed E-state index contributed by atoms with van der Waals surface area (Å²) in [5.74, 6) is 0. The van der Waals surface area contributed by atoms with E-state index < -0.39 is 15.5 Å². The molecular weight excluding hydrogens is 276 g/mol. The molecule has 8 nitrogen and oxygen atoms in total. The molecule has 0 heterocycles. The van der Waals surface area contributed by atoms with E-state index in [2.05, 4.69) is 0 Å². The molecule has 0 atom stereocenters. The van der Waals surface area contributed by atoms with Gasteiger partial charge in [0.25, 0.3) is 0 Å². The second kappa shape index (κ2) is 10.1. The van der Waals surface area contributed by atoms with Gasteiger partial charge in [0, 0.05) is 10.4 Å². The Balaban J connectivity index is -0.0000000383. The quantitative estimate of drug-likeness (QED) is 0.170. The zero-order valence-electron chi connectivity index (χ0n) is 4.36. The van der Waals surface area contributed by atoms with Crippen LogP contribution in [0.4, 0.5) is 0 Å². The first-order valence-electron chi connectivity index (χ1n) is 1.21. The van der Waals surface area contributed by atoms with E-state index in [9.17, 15) is 0 Å². The summed E-state index contributed by atoms with van der Waals surface area (Å²) in [5, 5.41) is 14.8. The number of hydrogen-bond donors (Lipinski definition) is 0. The Morgan fingerprint density at radius 1 is 1.09 bits per heavy atom. The van der Waals surface area contributed by atoms with Crippen LogP contribution in [0.15, 0.2) is 0 Å². The van der Waals surface area contributed by atoms with Crippen LogP contribution in [0.3, 0.4) is 0 Å². The summed E-state index contributed by atoms with van der Waals surface area (Å²) in [5.41, 5.74) is 0. The van der Waals surface area contributed by atoms with Crippen LogP contribution in [0, 0.1) is 15.3 Å². The summed E-state index contributed by atoms with van der Waals surface area (Å²) < 4.78 is 34.1. The first-order chi connectivity index (χ1) is 3.73. The van der Waals surface area contributed by atoms with E-state index in [1.54, 1.807) is 0 Å². The third kappa shape index (κ3) is 134000. The van der Waals surface area contributed by atoms with Crippen LogP contribution in [0.25, 0.3) is 0 Å². The van der Waals surface area contributed by atoms with Crippen molar-refractivity contribution in [1.82, 2.24) is 0 Å². The van der Waals surface area contributed by atoms with Gasteiger partial charge in [0.2, 0.25) is 0 Å². The maximum Gasteiger partial charge on any atom is 2.00 e. The van der Waals surface area contributed by atoms with Gasteiger partial charge in [-0.25, -0.2) is 0 Å². The van der Waals surface area contributed by atoms with Crippen LogP contribution in [0.2, 0.25) is 0 Å². The predicted molar refractivity (Wildman–Crippen MR) is 20.8 cm³/mol. The number of hydrogen-bond acceptors (Lipinski definition) is 7. The van der Waals surface area contributed by atoms with E-state index in [0.29, 0.717) is 0 Å². The van der Waals surface area contributed by atoms with Crippen molar-refractivity contribution in [2.24, 2.45) is 0 Å². The van der Waals surface area contributed by atoms with Crippen LogP contribution in [0.1, 0.15) is 0 Å². The molecule has 0 aromatic heterocycles. The Bertz CT molecular complexity index is 161. The molecule has 0 aliphatic heterocycles. The van der Waals surface area contributed by atoms with E-state index in [1.807, 2.05) is 0 Å². The topological polar surface area (TPSA) is 146 Å². The fourth-order valence-electron chi connectivity index (χ4n) is 0. The van der Waals surface area contributed by atoms with Crippen LogP contribution in [-0.4, -0.2) is 22.6 Å². The molecule has 0 rings (SSSR count). The van der Waals surface area contributed by atoms with Crippen LogP contribution in [0.5, 0.6) is 0 Å². The van der Waals surface area contributed by atoms with Gasteiger partial charge in [-0.05, 0) is 0 Å². The molecule has 0 aromatic rings. The van der Waals surface area contributed by atoms with Crippen molar-refractivity contribution in [3.63, 3.8) is 0 Å². The molecule has 71 valence electrons. The molecule has 11 heavy (non-hydrogen) atoms. The van der Waals surface area contributed by atoms with Crippen molar-refractivity contribution in [3.05, 3.63) is 15.3 Å². The molecule has 0 bridgehead atoms. The van der Waals surface area contributed by atoms with Gasteiger partial charge < -0.3 is 24.4 Å². The minimum absolute atomic E-state index is 0.